The van der Waals surface area contributed by atoms with E-state index >= 15 is 0 Å². The summed E-state index contributed by atoms with van der Waals surface area (Å²) in [7, 11) is 1.56. The first kappa shape index (κ1) is 10.9. The Morgan fingerprint density at radius 1 is 1.44 bits per heavy atom. The molecule has 1 unspecified atom stereocenters. The summed E-state index contributed by atoms with van der Waals surface area (Å²) in [5, 5.41) is 7.44. The summed E-state index contributed by atoms with van der Waals surface area (Å²) in [5.41, 5.74) is 0.702. The van der Waals surface area contributed by atoms with E-state index in [9.17, 15) is 0 Å². The van der Waals surface area contributed by atoms with Crippen LogP contribution in [0.15, 0.2) is 22.9 Å². The molecule has 0 radical (unpaired) electrons. The highest BCUT2D eigenvalue weighted by molar-refractivity contribution is 6.20. The molecule has 0 fully saturated rings. The maximum atomic E-state index is 5.84. The molecule has 0 saturated carbocycles. The molecule has 0 spiro atoms. The van der Waals surface area contributed by atoms with Crippen LogP contribution in [0.2, 0.25) is 0 Å². The van der Waals surface area contributed by atoms with Gasteiger partial charge in [0.25, 0.3) is 5.89 Å². The van der Waals surface area contributed by atoms with E-state index in [1.54, 1.807) is 32.5 Å². The molecule has 2 aromatic heterocycles. The third kappa shape index (κ3) is 1.99. The largest absolute Gasteiger partial charge is 0.494 e. The van der Waals surface area contributed by atoms with Crippen LogP contribution in [-0.4, -0.2) is 22.3 Å². The standard InChI is InChI=1S/C10H10ClN3O2/c1-6(11)9-13-14-10(16-9)7-3-4-12-5-8(7)15-2/h3-6H,1-2H3. The molecule has 0 bridgehead atoms. The van der Waals surface area contributed by atoms with Gasteiger partial charge in [-0.05, 0) is 13.0 Å². The number of aromatic nitrogens is 3. The normalized spacial score (nSPS) is 12.4. The third-order valence-corrected chi connectivity index (χ3v) is 2.20. The highest BCUT2D eigenvalue weighted by Crippen LogP contribution is 2.29. The number of alkyl halides is 1. The van der Waals surface area contributed by atoms with Gasteiger partial charge < -0.3 is 9.15 Å². The zero-order valence-corrected chi connectivity index (χ0v) is 9.60. The minimum atomic E-state index is -0.311. The molecule has 16 heavy (non-hydrogen) atoms. The van der Waals surface area contributed by atoms with Crippen molar-refractivity contribution < 1.29 is 9.15 Å². The number of ether oxygens (including phenoxy) is 1. The summed E-state index contributed by atoms with van der Waals surface area (Å²) in [6.45, 7) is 1.77. The van der Waals surface area contributed by atoms with Crippen molar-refractivity contribution in [3.05, 3.63) is 24.4 Å². The lowest BCUT2D eigenvalue weighted by Gasteiger charge is -2.02. The first-order valence-electron chi connectivity index (χ1n) is 4.68. The van der Waals surface area contributed by atoms with Gasteiger partial charge in [0.1, 0.15) is 11.1 Å². The molecule has 0 aliphatic heterocycles. The maximum absolute atomic E-state index is 5.84. The molecule has 1 atom stereocenters. The van der Waals surface area contributed by atoms with Crippen molar-refractivity contribution in [2.45, 2.75) is 12.3 Å². The minimum absolute atomic E-state index is 0.311. The van der Waals surface area contributed by atoms with Crippen molar-refractivity contribution in [2.75, 3.05) is 7.11 Å². The zero-order valence-electron chi connectivity index (χ0n) is 8.85. The second-order valence-corrected chi connectivity index (χ2v) is 3.79. The molecule has 0 N–H and O–H groups in total. The molecule has 2 heterocycles. The summed E-state index contributed by atoms with van der Waals surface area (Å²) in [4.78, 5) is 3.94. The monoisotopic (exact) mass is 239 g/mol. The Morgan fingerprint density at radius 3 is 2.88 bits per heavy atom. The molecule has 2 aromatic rings. The van der Waals surface area contributed by atoms with E-state index in [1.165, 1.54) is 0 Å². The Morgan fingerprint density at radius 2 is 2.25 bits per heavy atom. The van der Waals surface area contributed by atoms with Crippen molar-refractivity contribution >= 4 is 11.6 Å². The predicted octanol–water partition coefficient (Wildman–Crippen LogP) is 2.44. The average Bonchev–Trinajstić information content (AvgIpc) is 2.78. The Kier molecular flexibility index (Phi) is 3.05. The van der Waals surface area contributed by atoms with Crippen LogP contribution < -0.4 is 4.74 Å². The summed E-state index contributed by atoms with van der Waals surface area (Å²) < 4.78 is 10.6. The van der Waals surface area contributed by atoms with Crippen LogP contribution in [-0.2, 0) is 0 Å². The first-order valence-corrected chi connectivity index (χ1v) is 5.12. The SMILES string of the molecule is COc1cnccc1-c1nnc(C(C)Cl)o1. The number of halogens is 1. The van der Waals surface area contributed by atoms with Crippen LogP contribution in [0.3, 0.4) is 0 Å². The molecule has 6 heteroatoms. The Hall–Kier alpha value is -1.62. The number of nitrogens with zero attached hydrogens (tertiary/aromatic N) is 3. The zero-order chi connectivity index (χ0) is 11.5. The summed E-state index contributed by atoms with van der Waals surface area (Å²) >= 11 is 5.84. The number of hydrogen-bond donors (Lipinski definition) is 0. The van der Waals surface area contributed by atoms with Crippen molar-refractivity contribution in [1.29, 1.82) is 0 Å². The van der Waals surface area contributed by atoms with Crippen LogP contribution in [0.5, 0.6) is 5.75 Å². The van der Waals surface area contributed by atoms with E-state index in [4.69, 9.17) is 20.8 Å². The van der Waals surface area contributed by atoms with Crippen LogP contribution in [0.25, 0.3) is 11.5 Å². The molecular weight excluding hydrogens is 230 g/mol. The van der Waals surface area contributed by atoms with Crippen molar-refractivity contribution in [3.63, 3.8) is 0 Å². The van der Waals surface area contributed by atoms with Gasteiger partial charge >= 0.3 is 0 Å². The highest BCUT2D eigenvalue weighted by Gasteiger charge is 2.15. The topological polar surface area (TPSA) is 61.0 Å². The molecular formula is C10H10ClN3O2. The van der Waals surface area contributed by atoms with Crippen molar-refractivity contribution in [1.82, 2.24) is 15.2 Å². The van der Waals surface area contributed by atoms with Crippen LogP contribution in [0, 0.1) is 0 Å². The van der Waals surface area contributed by atoms with Crippen LogP contribution in [0.1, 0.15) is 18.2 Å². The lowest BCUT2D eigenvalue weighted by molar-refractivity contribution is 0.411. The lowest BCUT2D eigenvalue weighted by Crippen LogP contribution is -1.88. The third-order valence-electron chi connectivity index (χ3n) is 2.02. The Bertz CT molecular complexity index is 484. The fourth-order valence-corrected chi connectivity index (χ4v) is 1.31. The molecule has 0 aliphatic rings. The van der Waals surface area contributed by atoms with E-state index in [2.05, 4.69) is 15.2 Å². The van der Waals surface area contributed by atoms with Gasteiger partial charge in [-0.3, -0.25) is 4.98 Å². The highest BCUT2D eigenvalue weighted by atomic mass is 35.5. The minimum Gasteiger partial charge on any atom is -0.494 e. The van der Waals surface area contributed by atoms with Crippen LogP contribution >= 0.6 is 11.6 Å². The van der Waals surface area contributed by atoms with E-state index in [0.29, 0.717) is 23.1 Å². The smallest absolute Gasteiger partial charge is 0.251 e. The van der Waals surface area contributed by atoms with Gasteiger partial charge in [0, 0.05) is 6.20 Å². The number of pyridine rings is 1. The molecule has 0 aliphatic carbocycles. The van der Waals surface area contributed by atoms with Gasteiger partial charge in [-0.2, -0.15) is 0 Å². The maximum Gasteiger partial charge on any atom is 0.251 e. The first-order chi connectivity index (χ1) is 7.72. The molecule has 2 rings (SSSR count). The molecule has 0 saturated heterocycles. The number of rotatable bonds is 3. The molecule has 0 amide bonds. The van der Waals surface area contributed by atoms with E-state index < -0.39 is 0 Å². The van der Waals surface area contributed by atoms with Gasteiger partial charge in [-0.15, -0.1) is 21.8 Å². The molecule has 5 nitrogen and oxygen atoms in total. The fraction of sp³-hybridized carbons (Fsp3) is 0.300. The fourth-order valence-electron chi connectivity index (χ4n) is 1.22. The summed E-state index contributed by atoms with van der Waals surface area (Å²) in [6, 6.07) is 1.75. The van der Waals surface area contributed by atoms with E-state index in [1.807, 2.05) is 0 Å². The van der Waals surface area contributed by atoms with E-state index in [0.717, 1.165) is 0 Å². The second kappa shape index (κ2) is 4.49. The summed E-state index contributed by atoms with van der Waals surface area (Å²) in [5.74, 6) is 1.34. The van der Waals surface area contributed by atoms with Crippen molar-refractivity contribution in [3.8, 4) is 17.2 Å². The predicted molar refractivity (Wildman–Crippen MR) is 58.3 cm³/mol. The van der Waals surface area contributed by atoms with Crippen molar-refractivity contribution in [2.24, 2.45) is 0 Å². The molecule has 0 aromatic carbocycles. The van der Waals surface area contributed by atoms with E-state index in [-0.39, 0.29) is 5.38 Å². The Labute approximate surface area is 97.4 Å². The number of methoxy groups -OCH3 is 1. The Balaban J connectivity index is 2.42. The summed E-state index contributed by atoms with van der Waals surface area (Å²) in [6.07, 6.45) is 3.22. The van der Waals surface area contributed by atoms with Gasteiger partial charge in [-0.1, -0.05) is 0 Å². The number of hydrogen-bond acceptors (Lipinski definition) is 5. The quantitative estimate of drug-likeness (QED) is 0.770. The van der Waals surface area contributed by atoms with Gasteiger partial charge in [0.15, 0.2) is 0 Å². The van der Waals surface area contributed by atoms with Gasteiger partial charge in [0.05, 0.1) is 18.9 Å². The van der Waals surface area contributed by atoms with Gasteiger partial charge in [-0.25, -0.2) is 0 Å². The van der Waals surface area contributed by atoms with Gasteiger partial charge in [0.2, 0.25) is 5.89 Å². The lowest BCUT2D eigenvalue weighted by atomic mass is 10.2. The van der Waals surface area contributed by atoms with Crippen LogP contribution in [0.4, 0.5) is 0 Å². The second-order valence-electron chi connectivity index (χ2n) is 3.14. The molecule has 84 valence electrons. The average molecular weight is 240 g/mol.